The van der Waals surface area contributed by atoms with Crippen LogP contribution in [0.25, 0.3) is 0 Å². The molecule has 0 spiro atoms. The molecule has 0 saturated heterocycles. The van der Waals surface area contributed by atoms with Crippen LogP contribution in [-0.4, -0.2) is 29.1 Å². The van der Waals surface area contributed by atoms with E-state index in [2.05, 4.69) is 11.6 Å². The lowest BCUT2D eigenvalue weighted by molar-refractivity contribution is 0.0697. The first-order chi connectivity index (χ1) is 7.20. The second-order valence-corrected chi connectivity index (χ2v) is 3.03. The van der Waals surface area contributed by atoms with E-state index in [1.807, 2.05) is 11.8 Å². The zero-order chi connectivity index (χ0) is 11.3. The number of carboxylic acid groups (broad SMARTS) is 1. The van der Waals surface area contributed by atoms with Crippen LogP contribution in [0.5, 0.6) is 0 Å². The second-order valence-electron chi connectivity index (χ2n) is 3.03. The van der Waals surface area contributed by atoms with Crippen molar-refractivity contribution in [1.82, 2.24) is 4.98 Å². The summed E-state index contributed by atoms with van der Waals surface area (Å²) in [5.41, 5.74) is 0.904. The minimum Gasteiger partial charge on any atom is -0.478 e. The minimum atomic E-state index is -0.935. The lowest BCUT2D eigenvalue weighted by atomic mass is 10.2. The van der Waals surface area contributed by atoms with E-state index in [0.717, 1.165) is 6.54 Å². The molecule has 4 heteroatoms. The highest BCUT2D eigenvalue weighted by atomic mass is 16.4. The van der Waals surface area contributed by atoms with E-state index in [4.69, 9.17) is 5.11 Å². The first-order valence-corrected chi connectivity index (χ1v) is 4.73. The van der Waals surface area contributed by atoms with Crippen molar-refractivity contribution in [3.05, 3.63) is 36.7 Å². The van der Waals surface area contributed by atoms with E-state index in [1.54, 1.807) is 12.3 Å². The third kappa shape index (κ3) is 2.56. The van der Waals surface area contributed by atoms with Gasteiger partial charge in [0.25, 0.3) is 0 Å². The Bertz CT molecular complexity index is 363. The number of pyridine rings is 1. The van der Waals surface area contributed by atoms with E-state index in [9.17, 15) is 4.79 Å². The Morgan fingerprint density at radius 3 is 3.00 bits per heavy atom. The minimum absolute atomic E-state index is 0.272. The van der Waals surface area contributed by atoms with Gasteiger partial charge in [-0.05, 0) is 13.0 Å². The molecular formula is C11H14N2O2. The summed E-state index contributed by atoms with van der Waals surface area (Å²) in [4.78, 5) is 16.8. The molecule has 4 nitrogen and oxygen atoms in total. The molecule has 1 aromatic heterocycles. The van der Waals surface area contributed by atoms with Gasteiger partial charge in [-0.25, -0.2) is 4.79 Å². The summed E-state index contributed by atoms with van der Waals surface area (Å²) in [6.45, 7) is 6.93. The van der Waals surface area contributed by atoms with Crippen molar-refractivity contribution >= 4 is 11.7 Å². The van der Waals surface area contributed by atoms with Crippen LogP contribution < -0.4 is 4.90 Å². The molecule has 0 fully saturated rings. The number of rotatable bonds is 5. The molecule has 0 unspecified atom stereocenters. The molecule has 1 heterocycles. The molecule has 80 valence electrons. The van der Waals surface area contributed by atoms with Gasteiger partial charge in [0.1, 0.15) is 0 Å². The first-order valence-electron chi connectivity index (χ1n) is 4.73. The smallest absolute Gasteiger partial charge is 0.337 e. The zero-order valence-corrected chi connectivity index (χ0v) is 8.68. The van der Waals surface area contributed by atoms with Crippen LogP contribution in [0.3, 0.4) is 0 Å². The van der Waals surface area contributed by atoms with Crippen molar-refractivity contribution in [2.75, 3.05) is 18.0 Å². The fourth-order valence-corrected chi connectivity index (χ4v) is 1.37. The monoisotopic (exact) mass is 206 g/mol. The number of hydrogen-bond donors (Lipinski definition) is 1. The van der Waals surface area contributed by atoms with Gasteiger partial charge in [-0.2, -0.15) is 0 Å². The van der Waals surface area contributed by atoms with Crippen LogP contribution in [0.2, 0.25) is 0 Å². The number of aromatic nitrogens is 1. The SMILES string of the molecule is C=CCN(CC)c1cnccc1C(=O)O. The molecule has 0 aromatic carbocycles. The Hall–Kier alpha value is -1.84. The van der Waals surface area contributed by atoms with E-state index in [-0.39, 0.29) is 5.56 Å². The van der Waals surface area contributed by atoms with Gasteiger partial charge in [0.15, 0.2) is 0 Å². The first kappa shape index (κ1) is 11.2. The van der Waals surface area contributed by atoms with E-state index in [0.29, 0.717) is 12.2 Å². The Morgan fingerprint density at radius 1 is 1.73 bits per heavy atom. The number of carbonyl (C=O) groups is 1. The summed E-state index contributed by atoms with van der Waals surface area (Å²) in [7, 11) is 0. The summed E-state index contributed by atoms with van der Waals surface area (Å²) in [5.74, 6) is -0.935. The van der Waals surface area contributed by atoms with Crippen molar-refractivity contribution in [3.63, 3.8) is 0 Å². The molecule has 1 aromatic rings. The van der Waals surface area contributed by atoms with Crippen molar-refractivity contribution in [2.45, 2.75) is 6.92 Å². The number of hydrogen-bond acceptors (Lipinski definition) is 3. The quantitative estimate of drug-likeness (QED) is 0.746. The Kier molecular flexibility index (Phi) is 3.85. The van der Waals surface area contributed by atoms with Crippen LogP contribution >= 0.6 is 0 Å². The molecular weight excluding hydrogens is 192 g/mol. The normalized spacial score (nSPS) is 9.67. The highest BCUT2D eigenvalue weighted by Gasteiger charge is 2.13. The maximum atomic E-state index is 11.0. The number of carboxylic acids is 1. The average Bonchev–Trinajstić information content (AvgIpc) is 2.26. The second kappa shape index (κ2) is 5.14. The van der Waals surface area contributed by atoms with Gasteiger partial charge in [0.05, 0.1) is 17.4 Å². The predicted octanol–water partition coefficient (Wildman–Crippen LogP) is 1.79. The standard InChI is InChI=1S/C11H14N2O2/c1-3-7-13(4-2)10-8-12-6-5-9(10)11(14)15/h3,5-6,8H,1,4,7H2,2H3,(H,14,15). The third-order valence-corrected chi connectivity index (χ3v) is 2.10. The van der Waals surface area contributed by atoms with Crippen molar-refractivity contribution in [2.24, 2.45) is 0 Å². The third-order valence-electron chi connectivity index (χ3n) is 2.10. The highest BCUT2D eigenvalue weighted by Crippen LogP contribution is 2.18. The highest BCUT2D eigenvalue weighted by molar-refractivity contribution is 5.94. The molecule has 0 atom stereocenters. The summed E-state index contributed by atoms with van der Waals surface area (Å²) in [6, 6.07) is 1.50. The molecule has 0 amide bonds. The fourth-order valence-electron chi connectivity index (χ4n) is 1.37. The maximum absolute atomic E-state index is 11.0. The molecule has 0 aliphatic carbocycles. The van der Waals surface area contributed by atoms with Gasteiger partial charge in [-0.3, -0.25) is 4.98 Å². The Labute approximate surface area is 88.9 Å². The largest absolute Gasteiger partial charge is 0.478 e. The van der Waals surface area contributed by atoms with E-state index in [1.165, 1.54) is 12.3 Å². The van der Waals surface area contributed by atoms with Crippen LogP contribution in [0, 0.1) is 0 Å². The lowest BCUT2D eigenvalue weighted by Gasteiger charge is -2.22. The van der Waals surface area contributed by atoms with Crippen molar-refractivity contribution < 1.29 is 9.90 Å². The summed E-state index contributed by atoms with van der Waals surface area (Å²) in [6.07, 6.45) is 4.79. The van der Waals surface area contributed by atoms with Crippen LogP contribution in [0.1, 0.15) is 17.3 Å². The Balaban J connectivity index is 3.09. The van der Waals surface area contributed by atoms with Crippen molar-refractivity contribution in [1.29, 1.82) is 0 Å². The van der Waals surface area contributed by atoms with Gasteiger partial charge in [-0.15, -0.1) is 6.58 Å². The summed E-state index contributed by atoms with van der Waals surface area (Å²) >= 11 is 0. The topological polar surface area (TPSA) is 53.4 Å². The lowest BCUT2D eigenvalue weighted by Crippen LogP contribution is -2.24. The van der Waals surface area contributed by atoms with Gasteiger partial charge >= 0.3 is 5.97 Å². The van der Waals surface area contributed by atoms with E-state index < -0.39 is 5.97 Å². The van der Waals surface area contributed by atoms with Gasteiger partial charge in [0, 0.05) is 19.3 Å². The number of aromatic carboxylic acids is 1. The molecule has 1 N–H and O–H groups in total. The summed E-state index contributed by atoms with van der Waals surface area (Å²) < 4.78 is 0. The van der Waals surface area contributed by atoms with Crippen LogP contribution in [0.15, 0.2) is 31.1 Å². The molecule has 15 heavy (non-hydrogen) atoms. The molecule has 1 rings (SSSR count). The molecule has 0 aliphatic rings. The molecule has 0 radical (unpaired) electrons. The predicted molar refractivity (Wildman–Crippen MR) is 59.3 cm³/mol. The average molecular weight is 206 g/mol. The number of likely N-dealkylation sites (N-methyl/N-ethyl adjacent to an activating group) is 1. The number of nitrogens with zero attached hydrogens (tertiary/aromatic N) is 2. The molecule has 0 bridgehead atoms. The van der Waals surface area contributed by atoms with Gasteiger partial charge in [0.2, 0.25) is 0 Å². The van der Waals surface area contributed by atoms with E-state index >= 15 is 0 Å². The van der Waals surface area contributed by atoms with Gasteiger partial charge < -0.3 is 10.0 Å². The molecule has 0 saturated carbocycles. The van der Waals surface area contributed by atoms with Crippen LogP contribution in [0.4, 0.5) is 5.69 Å². The Morgan fingerprint density at radius 2 is 2.47 bits per heavy atom. The zero-order valence-electron chi connectivity index (χ0n) is 8.68. The number of anilines is 1. The maximum Gasteiger partial charge on any atom is 0.337 e. The van der Waals surface area contributed by atoms with Crippen LogP contribution in [-0.2, 0) is 0 Å². The summed E-state index contributed by atoms with van der Waals surface area (Å²) in [5, 5.41) is 9.00. The molecule has 0 aliphatic heterocycles. The van der Waals surface area contributed by atoms with Gasteiger partial charge in [-0.1, -0.05) is 6.08 Å². The fraction of sp³-hybridized carbons (Fsp3) is 0.273. The van der Waals surface area contributed by atoms with Crippen molar-refractivity contribution in [3.8, 4) is 0 Å².